The maximum atomic E-state index is 12.3. The molecule has 0 aliphatic carbocycles. The molecule has 1 atom stereocenters. The summed E-state index contributed by atoms with van der Waals surface area (Å²) >= 11 is 1.48. The van der Waals surface area contributed by atoms with Crippen LogP contribution in [-0.4, -0.2) is 44.5 Å². The van der Waals surface area contributed by atoms with Gasteiger partial charge in [-0.05, 0) is 24.8 Å². The van der Waals surface area contributed by atoms with Crippen LogP contribution in [0.25, 0.3) is 0 Å². The van der Waals surface area contributed by atoms with Gasteiger partial charge in [0.15, 0.2) is 0 Å². The van der Waals surface area contributed by atoms with E-state index in [0.717, 1.165) is 11.2 Å². The molecule has 8 heteroatoms. The van der Waals surface area contributed by atoms with Gasteiger partial charge in [-0.3, -0.25) is 9.59 Å². The largest absolute Gasteiger partial charge is 0.345 e. The van der Waals surface area contributed by atoms with Gasteiger partial charge in [0.25, 0.3) is 0 Å². The topological polar surface area (TPSA) is 92.3 Å². The molecule has 6 nitrogen and oxygen atoms in total. The molecule has 0 bridgehead atoms. The Kier molecular flexibility index (Phi) is 6.89. The lowest BCUT2D eigenvalue weighted by atomic mass is 10.2. The summed E-state index contributed by atoms with van der Waals surface area (Å²) in [5.74, 6) is -0.984. The van der Waals surface area contributed by atoms with E-state index in [1.165, 1.54) is 18.7 Å². The van der Waals surface area contributed by atoms with Crippen molar-refractivity contribution in [1.29, 1.82) is 0 Å². The third-order valence-electron chi connectivity index (χ3n) is 2.84. The molecule has 0 fully saturated rings. The Bertz CT molecular complexity index is 644. The molecule has 22 heavy (non-hydrogen) atoms. The zero-order chi connectivity index (χ0) is 16.8. The van der Waals surface area contributed by atoms with E-state index in [2.05, 4.69) is 10.6 Å². The highest BCUT2D eigenvalue weighted by atomic mass is 32.2. The summed E-state index contributed by atoms with van der Waals surface area (Å²) in [6.45, 7) is 1.29. The number of anilines is 1. The predicted molar refractivity (Wildman–Crippen MR) is 88.8 cm³/mol. The van der Waals surface area contributed by atoms with E-state index in [-0.39, 0.29) is 18.1 Å². The van der Waals surface area contributed by atoms with Crippen molar-refractivity contribution in [3.63, 3.8) is 0 Å². The lowest BCUT2D eigenvalue weighted by Crippen LogP contribution is -2.44. The lowest BCUT2D eigenvalue weighted by molar-refractivity contribution is -0.125. The van der Waals surface area contributed by atoms with Gasteiger partial charge >= 0.3 is 0 Å². The van der Waals surface area contributed by atoms with E-state index in [1.54, 1.807) is 12.1 Å². The Labute approximate surface area is 135 Å². The van der Waals surface area contributed by atoms with Gasteiger partial charge in [0.05, 0.1) is 11.4 Å². The molecule has 0 spiro atoms. The minimum atomic E-state index is -3.21. The molecule has 1 rings (SSSR count). The van der Waals surface area contributed by atoms with Crippen LogP contribution in [0.5, 0.6) is 0 Å². The Morgan fingerprint density at radius 1 is 1.27 bits per heavy atom. The van der Waals surface area contributed by atoms with Crippen LogP contribution < -0.4 is 10.6 Å². The lowest BCUT2D eigenvalue weighted by Gasteiger charge is -2.18. The number of benzene rings is 1. The van der Waals surface area contributed by atoms with Gasteiger partial charge in [-0.15, -0.1) is 11.8 Å². The maximum absolute atomic E-state index is 12.3. The summed E-state index contributed by atoms with van der Waals surface area (Å²) in [6, 6.07) is 6.38. The molecule has 0 aromatic heterocycles. The van der Waals surface area contributed by atoms with Crippen LogP contribution in [-0.2, 0) is 19.4 Å². The highest BCUT2D eigenvalue weighted by Crippen LogP contribution is 2.24. The summed E-state index contributed by atoms with van der Waals surface area (Å²) in [5, 5.41) is 5.22. The molecule has 0 heterocycles. The average molecular weight is 344 g/mol. The SMILES string of the molecule is CSc1ccccc1NC(=O)C(CCS(C)(=O)=O)NC(C)=O. The van der Waals surface area contributed by atoms with Gasteiger partial charge in [-0.1, -0.05) is 12.1 Å². The van der Waals surface area contributed by atoms with Crippen molar-refractivity contribution in [3.05, 3.63) is 24.3 Å². The quantitative estimate of drug-likeness (QED) is 0.727. The molecule has 0 radical (unpaired) electrons. The number of hydrogen-bond acceptors (Lipinski definition) is 5. The second-order valence-electron chi connectivity index (χ2n) is 4.86. The van der Waals surface area contributed by atoms with Crippen molar-refractivity contribution in [1.82, 2.24) is 5.32 Å². The minimum Gasteiger partial charge on any atom is -0.345 e. The number of thioether (sulfide) groups is 1. The second-order valence-corrected chi connectivity index (χ2v) is 7.97. The fourth-order valence-electron chi connectivity index (χ4n) is 1.81. The number of carbonyl (C=O) groups excluding carboxylic acids is 2. The zero-order valence-corrected chi connectivity index (χ0v) is 14.4. The van der Waals surface area contributed by atoms with Gasteiger partial charge in [0.1, 0.15) is 15.9 Å². The molecule has 0 saturated heterocycles. The van der Waals surface area contributed by atoms with Crippen molar-refractivity contribution in [2.45, 2.75) is 24.3 Å². The fourth-order valence-corrected chi connectivity index (χ4v) is 3.03. The molecule has 2 N–H and O–H groups in total. The van der Waals surface area contributed by atoms with Crippen molar-refractivity contribution >= 4 is 39.1 Å². The third kappa shape index (κ3) is 6.48. The summed E-state index contributed by atoms with van der Waals surface area (Å²) in [6.07, 6.45) is 3.02. The monoisotopic (exact) mass is 344 g/mol. The van der Waals surface area contributed by atoms with E-state index in [1.807, 2.05) is 18.4 Å². The number of para-hydroxylation sites is 1. The first-order valence-corrected chi connectivity index (χ1v) is 9.90. The maximum Gasteiger partial charge on any atom is 0.247 e. The highest BCUT2D eigenvalue weighted by Gasteiger charge is 2.22. The van der Waals surface area contributed by atoms with Crippen molar-refractivity contribution < 1.29 is 18.0 Å². The van der Waals surface area contributed by atoms with E-state index in [4.69, 9.17) is 0 Å². The first kappa shape index (κ1) is 18.5. The van der Waals surface area contributed by atoms with Crippen LogP contribution in [0.4, 0.5) is 5.69 Å². The number of sulfone groups is 1. The third-order valence-corrected chi connectivity index (χ3v) is 4.61. The number of amides is 2. The second kappa shape index (κ2) is 8.19. The molecule has 0 aliphatic rings. The van der Waals surface area contributed by atoms with Crippen molar-refractivity contribution in [3.8, 4) is 0 Å². The zero-order valence-electron chi connectivity index (χ0n) is 12.8. The molecule has 1 aromatic rings. The van der Waals surface area contributed by atoms with Gasteiger partial charge in [0.2, 0.25) is 11.8 Å². The Hall–Kier alpha value is -1.54. The normalized spacial score (nSPS) is 12.5. The van der Waals surface area contributed by atoms with E-state index < -0.39 is 21.8 Å². The molecule has 1 aromatic carbocycles. The number of carbonyl (C=O) groups is 2. The van der Waals surface area contributed by atoms with Crippen LogP contribution in [0.2, 0.25) is 0 Å². The molecule has 0 saturated carbocycles. The summed E-state index contributed by atoms with van der Waals surface area (Å²) in [5.41, 5.74) is 0.634. The van der Waals surface area contributed by atoms with Gasteiger partial charge in [-0.2, -0.15) is 0 Å². The van der Waals surface area contributed by atoms with Crippen LogP contribution in [0.1, 0.15) is 13.3 Å². The molecule has 2 amide bonds. The number of rotatable bonds is 7. The standard InChI is InChI=1S/C14H20N2O4S2/c1-10(17)15-12(8-9-22(3,19)20)14(18)16-11-6-4-5-7-13(11)21-2/h4-7,12H,8-9H2,1-3H3,(H,15,17)(H,16,18). The highest BCUT2D eigenvalue weighted by molar-refractivity contribution is 7.98. The van der Waals surface area contributed by atoms with E-state index in [0.29, 0.717) is 5.69 Å². The molecule has 122 valence electrons. The van der Waals surface area contributed by atoms with Crippen molar-refractivity contribution in [2.24, 2.45) is 0 Å². The Balaban J connectivity index is 2.84. The van der Waals surface area contributed by atoms with Gasteiger partial charge < -0.3 is 10.6 Å². The summed E-state index contributed by atoms with van der Waals surface area (Å²) in [4.78, 5) is 24.4. The Morgan fingerprint density at radius 3 is 2.45 bits per heavy atom. The van der Waals surface area contributed by atoms with Crippen LogP contribution in [0.3, 0.4) is 0 Å². The predicted octanol–water partition coefficient (Wildman–Crippen LogP) is 1.29. The smallest absolute Gasteiger partial charge is 0.247 e. The van der Waals surface area contributed by atoms with Crippen molar-refractivity contribution in [2.75, 3.05) is 23.6 Å². The molecular formula is C14H20N2O4S2. The van der Waals surface area contributed by atoms with Crippen LogP contribution in [0, 0.1) is 0 Å². The first-order valence-electron chi connectivity index (χ1n) is 6.61. The summed E-state index contributed by atoms with van der Waals surface area (Å²) in [7, 11) is -3.21. The van der Waals surface area contributed by atoms with Crippen LogP contribution in [0.15, 0.2) is 29.2 Å². The Morgan fingerprint density at radius 2 is 1.91 bits per heavy atom. The van der Waals surface area contributed by atoms with Gasteiger partial charge in [0, 0.05) is 18.1 Å². The first-order chi connectivity index (χ1) is 10.2. The molecular weight excluding hydrogens is 324 g/mol. The van der Waals surface area contributed by atoms with Crippen LogP contribution >= 0.6 is 11.8 Å². The summed E-state index contributed by atoms with van der Waals surface area (Å²) < 4.78 is 22.5. The van der Waals surface area contributed by atoms with E-state index in [9.17, 15) is 18.0 Å². The van der Waals surface area contributed by atoms with Gasteiger partial charge in [-0.25, -0.2) is 8.42 Å². The number of hydrogen-bond donors (Lipinski definition) is 2. The average Bonchev–Trinajstić information content (AvgIpc) is 2.42. The molecule has 1 unspecified atom stereocenters. The molecule has 0 aliphatic heterocycles. The van der Waals surface area contributed by atoms with E-state index >= 15 is 0 Å². The number of nitrogens with one attached hydrogen (secondary N) is 2. The fraction of sp³-hybridized carbons (Fsp3) is 0.429. The minimum absolute atomic E-state index is 0.0334.